The molecule has 8 heteroatoms. The third-order valence-corrected chi connectivity index (χ3v) is 5.25. The van der Waals surface area contributed by atoms with E-state index in [4.69, 9.17) is 14.2 Å². The van der Waals surface area contributed by atoms with Crippen molar-refractivity contribution in [1.29, 1.82) is 0 Å². The van der Waals surface area contributed by atoms with Crippen LogP contribution in [0.3, 0.4) is 0 Å². The number of ether oxygens (including phenoxy) is 3. The second-order valence-corrected chi connectivity index (χ2v) is 7.24. The van der Waals surface area contributed by atoms with Gasteiger partial charge in [0.15, 0.2) is 11.5 Å². The normalized spacial score (nSPS) is 10.9. The van der Waals surface area contributed by atoms with Gasteiger partial charge in [-0.15, -0.1) is 0 Å². The van der Waals surface area contributed by atoms with Gasteiger partial charge in [0.1, 0.15) is 0 Å². The number of anilines is 1. The molecule has 0 aliphatic carbocycles. The molecule has 0 saturated heterocycles. The van der Waals surface area contributed by atoms with Crippen LogP contribution in [0.2, 0.25) is 0 Å². The summed E-state index contributed by atoms with van der Waals surface area (Å²) in [6.45, 7) is 1.99. The van der Waals surface area contributed by atoms with E-state index < -0.39 is 16.0 Å². The number of carbonyl (C=O) groups is 1. The van der Waals surface area contributed by atoms with Crippen LogP contribution in [0.5, 0.6) is 11.5 Å². The van der Waals surface area contributed by atoms with Crippen LogP contribution in [-0.4, -0.2) is 35.2 Å². The van der Waals surface area contributed by atoms with Crippen LogP contribution >= 0.6 is 0 Å². The van der Waals surface area contributed by atoms with Crippen LogP contribution in [0.15, 0.2) is 47.4 Å². The van der Waals surface area contributed by atoms with Crippen molar-refractivity contribution in [3.8, 4) is 11.5 Å². The number of nitrogens with one attached hydrogen (secondary N) is 1. The minimum atomic E-state index is -3.90. The molecule has 0 fully saturated rings. The molecule has 0 saturated carbocycles. The quantitative estimate of drug-likeness (QED) is 0.659. The number of methoxy groups -OCH3 is 2. The van der Waals surface area contributed by atoms with Crippen molar-refractivity contribution in [1.82, 2.24) is 0 Å². The highest BCUT2D eigenvalue weighted by Crippen LogP contribution is 2.34. The topological polar surface area (TPSA) is 90.9 Å². The van der Waals surface area contributed by atoms with Crippen molar-refractivity contribution in [2.75, 3.05) is 25.5 Å². The summed E-state index contributed by atoms with van der Waals surface area (Å²) in [5, 5.41) is 0. The molecule has 0 heterocycles. The minimum Gasteiger partial charge on any atom is -0.493 e. The second kappa shape index (κ2) is 9.27. The van der Waals surface area contributed by atoms with Crippen molar-refractivity contribution in [3.63, 3.8) is 0 Å². The van der Waals surface area contributed by atoms with Crippen molar-refractivity contribution in [2.45, 2.75) is 24.7 Å². The zero-order valence-corrected chi connectivity index (χ0v) is 16.3. The van der Waals surface area contributed by atoms with Crippen molar-refractivity contribution in [3.05, 3.63) is 48.0 Å². The van der Waals surface area contributed by atoms with Crippen LogP contribution in [0.1, 0.15) is 18.9 Å². The van der Waals surface area contributed by atoms with Crippen LogP contribution < -0.4 is 14.2 Å². The third kappa shape index (κ3) is 5.37. The molecule has 0 aromatic heterocycles. The lowest BCUT2D eigenvalue weighted by Gasteiger charge is -2.16. The summed E-state index contributed by atoms with van der Waals surface area (Å²) < 4.78 is 43.8. The van der Waals surface area contributed by atoms with Gasteiger partial charge in [-0.2, -0.15) is 0 Å². The molecule has 0 spiro atoms. The first-order chi connectivity index (χ1) is 12.9. The number of hydrogen-bond donors (Lipinski definition) is 1. The summed E-state index contributed by atoms with van der Waals surface area (Å²) >= 11 is 0. The van der Waals surface area contributed by atoms with Crippen LogP contribution in [0.25, 0.3) is 0 Å². The fraction of sp³-hybridized carbons (Fsp3) is 0.316. The van der Waals surface area contributed by atoms with Gasteiger partial charge in [0.2, 0.25) is 0 Å². The molecule has 2 aromatic rings. The minimum absolute atomic E-state index is 0.0216. The molecule has 0 radical (unpaired) electrons. The van der Waals surface area contributed by atoms with Crippen LogP contribution in [0.4, 0.5) is 5.69 Å². The molecule has 0 unspecified atom stereocenters. The van der Waals surface area contributed by atoms with Gasteiger partial charge in [-0.1, -0.05) is 18.2 Å². The van der Waals surface area contributed by atoms with E-state index in [1.807, 2.05) is 0 Å². The Morgan fingerprint density at radius 1 is 1.04 bits per heavy atom. The molecule has 0 bridgehead atoms. The summed E-state index contributed by atoms with van der Waals surface area (Å²) in [7, 11) is -1.01. The fourth-order valence-corrected chi connectivity index (χ4v) is 3.86. The number of carbonyl (C=O) groups excluding carboxylic acids is 1. The maximum Gasteiger partial charge on any atom is 0.306 e. The number of sulfonamides is 1. The highest BCUT2D eigenvalue weighted by atomic mass is 32.2. The molecule has 2 rings (SSSR count). The Hall–Kier alpha value is -2.74. The smallest absolute Gasteiger partial charge is 0.306 e. The Labute approximate surface area is 159 Å². The number of hydrogen-bond acceptors (Lipinski definition) is 6. The molecule has 0 aliphatic rings. The maximum atomic E-state index is 12.9. The molecular formula is C19H23NO6S. The van der Waals surface area contributed by atoms with E-state index in [1.165, 1.54) is 20.3 Å². The van der Waals surface area contributed by atoms with Gasteiger partial charge in [-0.05, 0) is 37.1 Å². The maximum absolute atomic E-state index is 12.9. The zero-order valence-electron chi connectivity index (χ0n) is 15.5. The third-order valence-electron chi connectivity index (χ3n) is 3.79. The lowest BCUT2D eigenvalue weighted by atomic mass is 10.1. The Balaban J connectivity index is 2.43. The van der Waals surface area contributed by atoms with Crippen molar-refractivity contribution in [2.24, 2.45) is 0 Å². The van der Waals surface area contributed by atoms with E-state index in [9.17, 15) is 13.2 Å². The van der Waals surface area contributed by atoms with Gasteiger partial charge in [-0.3, -0.25) is 9.52 Å². The molecule has 0 amide bonds. The molecule has 2 aromatic carbocycles. The first-order valence-electron chi connectivity index (χ1n) is 8.39. The molecule has 7 nitrogen and oxygen atoms in total. The SMILES string of the molecule is CCOC(=O)CCc1cc(OC)c(OC)cc1S(=O)(=O)Nc1ccccc1. The van der Waals surface area contributed by atoms with E-state index in [1.54, 1.807) is 43.3 Å². The van der Waals surface area contributed by atoms with Crippen molar-refractivity contribution >= 4 is 21.7 Å². The van der Waals surface area contributed by atoms with Gasteiger partial charge in [0.05, 0.1) is 25.7 Å². The predicted octanol–water partition coefficient (Wildman–Crippen LogP) is 3.00. The highest BCUT2D eigenvalue weighted by molar-refractivity contribution is 7.92. The Bertz CT molecular complexity index is 881. The van der Waals surface area contributed by atoms with E-state index in [-0.39, 0.29) is 30.1 Å². The molecule has 27 heavy (non-hydrogen) atoms. The fourth-order valence-electron chi connectivity index (χ4n) is 2.53. The lowest BCUT2D eigenvalue weighted by Crippen LogP contribution is -2.16. The van der Waals surface area contributed by atoms with E-state index in [0.29, 0.717) is 17.0 Å². The van der Waals surface area contributed by atoms with Gasteiger partial charge in [0, 0.05) is 18.2 Å². The van der Waals surface area contributed by atoms with Gasteiger partial charge < -0.3 is 14.2 Å². The predicted molar refractivity (Wildman–Crippen MR) is 102 cm³/mol. The molecule has 0 aliphatic heterocycles. The summed E-state index contributed by atoms with van der Waals surface area (Å²) in [5.74, 6) is 0.271. The van der Waals surface area contributed by atoms with Gasteiger partial charge >= 0.3 is 5.97 Å². The largest absolute Gasteiger partial charge is 0.493 e. The van der Waals surface area contributed by atoms with Crippen molar-refractivity contribution < 1.29 is 27.4 Å². The van der Waals surface area contributed by atoms with E-state index in [2.05, 4.69) is 4.72 Å². The second-order valence-electron chi connectivity index (χ2n) is 5.59. The Kier molecular flexibility index (Phi) is 7.06. The monoisotopic (exact) mass is 393 g/mol. The molecule has 1 N–H and O–H groups in total. The number of para-hydroxylation sites is 1. The number of benzene rings is 2. The average Bonchev–Trinajstić information content (AvgIpc) is 2.66. The van der Waals surface area contributed by atoms with E-state index >= 15 is 0 Å². The summed E-state index contributed by atoms with van der Waals surface area (Å²) in [5.41, 5.74) is 0.868. The summed E-state index contributed by atoms with van der Waals surface area (Å²) in [6, 6.07) is 11.5. The Morgan fingerprint density at radius 3 is 2.26 bits per heavy atom. The number of esters is 1. The van der Waals surface area contributed by atoms with E-state index in [0.717, 1.165) is 0 Å². The lowest BCUT2D eigenvalue weighted by molar-refractivity contribution is -0.143. The highest BCUT2D eigenvalue weighted by Gasteiger charge is 2.23. The number of rotatable bonds is 9. The van der Waals surface area contributed by atoms with Crippen LogP contribution in [-0.2, 0) is 26.0 Å². The first kappa shape index (κ1) is 20.6. The summed E-state index contributed by atoms with van der Waals surface area (Å²) in [6.07, 6.45) is 0.238. The zero-order chi connectivity index (χ0) is 19.9. The Morgan fingerprint density at radius 2 is 1.67 bits per heavy atom. The van der Waals surface area contributed by atoms with Gasteiger partial charge in [-0.25, -0.2) is 8.42 Å². The summed E-state index contributed by atoms with van der Waals surface area (Å²) in [4.78, 5) is 11.7. The number of aryl methyl sites for hydroxylation is 1. The average molecular weight is 393 g/mol. The molecular weight excluding hydrogens is 370 g/mol. The van der Waals surface area contributed by atoms with Crippen LogP contribution in [0, 0.1) is 0 Å². The molecule has 0 atom stereocenters. The molecule has 146 valence electrons. The van der Waals surface area contributed by atoms with Gasteiger partial charge in [0.25, 0.3) is 10.0 Å². The standard InChI is InChI=1S/C19H23NO6S/c1-4-26-19(21)11-10-14-12-16(24-2)17(25-3)13-18(14)27(22,23)20-15-8-6-5-7-9-15/h5-9,12-13,20H,4,10-11H2,1-3H3. The first-order valence-corrected chi connectivity index (χ1v) is 9.88.